The number of ketones is 1. The molecule has 0 unspecified atom stereocenters. The van der Waals surface area contributed by atoms with Crippen LogP contribution in [0.25, 0.3) is 0 Å². The molecule has 0 aromatic rings. The summed E-state index contributed by atoms with van der Waals surface area (Å²) in [4.78, 5) is 21.8. The van der Waals surface area contributed by atoms with Crippen LogP contribution >= 0.6 is 11.8 Å². The highest BCUT2D eigenvalue weighted by Crippen LogP contribution is 2.21. The minimum Gasteiger partial charge on any atom is -0.338 e. The Morgan fingerprint density at radius 2 is 1.93 bits per heavy atom. The summed E-state index contributed by atoms with van der Waals surface area (Å²) in [6.07, 6.45) is 2.36. The third-order valence-electron chi connectivity index (χ3n) is 2.39. The van der Waals surface area contributed by atoms with Crippen molar-refractivity contribution >= 4 is 23.6 Å². The molecule has 0 aromatic carbocycles. The molecule has 1 heterocycles. The highest BCUT2D eigenvalue weighted by molar-refractivity contribution is 7.99. The van der Waals surface area contributed by atoms with Gasteiger partial charge in [-0.3, -0.25) is 4.79 Å². The molecule has 1 fully saturated rings. The van der Waals surface area contributed by atoms with Gasteiger partial charge in [-0.25, -0.2) is 4.79 Å². The number of hydrogen-bond donors (Lipinski definition) is 2. The van der Waals surface area contributed by atoms with Crippen LogP contribution in [0, 0.1) is 5.92 Å². The molecule has 15 heavy (non-hydrogen) atoms. The highest BCUT2D eigenvalue weighted by atomic mass is 32.2. The fraction of sp³-hybridized carbons (Fsp3) is 0.800. The van der Waals surface area contributed by atoms with Gasteiger partial charge in [0.25, 0.3) is 0 Å². The first-order chi connectivity index (χ1) is 7.18. The Balaban J connectivity index is 2.07. The second-order valence-electron chi connectivity index (χ2n) is 3.82. The van der Waals surface area contributed by atoms with Crippen molar-refractivity contribution in [1.29, 1.82) is 0 Å². The lowest BCUT2D eigenvalue weighted by Crippen LogP contribution is -2.40. The van der Waals surface area contributed by atoms with E-state index >= 15 is 0 Å². The van der Waals surface area contributed by atoms with Crippen molar-refractivity contribution in [2.75, 3.05) is 24.6 Å². The Morgan fingerprint density at radius 1 is 1.27 bits per heavy atom. The Kier molecular flexibility index (Phi) is 5.53. The maximum absolute atomic E-state index is 11.2. The normalized spacial score (nSPS) is 17.1. The van der Waals surface area contributed by atoms with E-state index in [1.165, 1.54) is 31.3 Å². The van der Waals surface area contributed by atoms with Gasteiger partial charge >= 0.3 is 6.03 Å². The minimum atomic E-state index is -0.233. The first-order valence-corrected chi connectivity index (χ1v) is 6.43. The monoisotopic (exact) mass is 230 g/mol. The molecule has 0 saturated carbocycles. The molecule has 2 N–H and O–H groups in total. The Morgan fingerprint density at radius 3 is 2.53 bits per heavy atom. The molecule has 86 valence electrons. The fourth-order valence-corrected chi connectivity index (χ4v) is 2.66. The molecule has 1 rings (SSSR count). The zero-order valence-corrected chi connectivity index (χ0v) is 9.86. The number of Topliss-reactive ketones (excluding diaryl/α,β-unsaturated/α-hetero) is 1. The van der Waals surface area contributed by atoms with Crippen molar-refractivity contribution in [3.8, 4) is 0 Å². The quantitative estimate of drug-likeness (QED) is 0.758. The van der Waals surface area contributed by atoms with Crippen LogP contribution in [0.15, 0.2) is 0 Å². The van der Waals surface area contributed by atoms with Crippen LogP contribution in [0.4, 0.5) is 4.79 Å². The standard InChI is InChI=1S/C10H18N2O2S/c1-8(13)6-11-10(14)12-7-9-2-4-15-5-3-9/h9H,2-7H2,1H3,(H2,11,12,14). The summed E-state index contributed by atoms with van der Waals surface area (Å²) in [5, 5.41) is 5.31. The zero-order chi connectivity index (χ0) is 11.1. The lowest BCUT2D eigenvalue weighted by molar-refractivity contribution is -0.116. The van der Waals surface area contributed by atoms with E-state index in [-0.39, 0.29) is 18.4 Å². The Labute approximate surface area is 94.6 Å². The van der Waals surface area contributed by atoms with Crippen molar-refractivity contribution in [3.63, 3.8) is 0 Å². The van der Waals surface area contributed by atoms with Gasteiger partial charge in [-0.15, -0.1) is 0 Å². The van der Waals surface area contributed by atoms with Crippen molar-refractivity contribution in [3.05, 3.63) is 0 Å². The van der Waals surface area contributed by atoms with Gasteiger partial charge in [0.05, 0.1) is 6.54 Å². The zero-order valence-electron chi connectivity index (χ0n) is 9.04. The Bertz CT molecular complexity index is 227. The van der Waals surface area contributed by atoms with Crippen LogP contribution in [-0.4, -0.2) is 36.4 Å². The van der Waals surface area contributed by atoms with Gasteiger partial charge in [-0.05, 0) is 37.2 Å². The number of amides is 2. The van der Waals surface area contributed by atoms with Gasteiger partial charge in [0.2, 0.25) is 0 Å². The van der Waals surface area contributed by atoms with E-state index in [4.69, 9.17) is 0 Å². The maximum atomic E-state index is 11.2. The predicted octanol–water partition coefficient (Wildman–Crippen LogP) is 1.02. The van der Waals surface area contributed by atoms with Crippen LogP contribution in [0.2, 0.25) is 0 Å². The molecule has 1 aliphatic heterocycles. The summed E-state index contributed by atoms with van der Waals surface area (Å²) in [5.41, 5.74) is 0. The molecular weight excluding hydrogens is 212 g/mol. The molecule has 2 amide bonds. The topological polar surface area (TPSA) is 58.2 Å². The summed E-state index contributed by atoms with van der Waals surface area (Å²) >= 11 is 1.97. The van der Waals surface area contributed by atoms with Gasteiger partial charge in [-0.1, -0.05) is 0 Å². The third-order valence-corrected chi connectivity index (χ3v) is 3.44. The molecule has 0 aromatic heterocycles. The second-order valence-corrected chi connectivity index (χ2v) is 5.05. The van der Waals surface area contributed by atoms with Crippen LogP contribution < -0.4 is 10.6 Å². The number of nitrogens with one attached hydrogen (secondary N) is 2. The number of urea groups is 1. The molecule has 4 nitrogen and oxygen atoms in total. The van der Waals surface area contributed by atoms with Gasteiger partial charge in [0, 0.05) is 6.54 Å². The van der Waals surface area contributed by atoms with E-state index in [0.717, 1.165) is 6.54 Å². The second kappa shape index (κ2) is 6.71. The molecule has 1 aliphatic rings. The summed E-state index contributed by atoms with van der Waals surface area (Å²) < 4.78 is 0. The summed E-state index contributed by atoms with van der Waals surface area (Å²) in [7, 11) is 0. The van der Waals surface area contributed by atoms with Gasteiger partial charge < -0.3 is 10.6 Å². The lowest BCUT2D eigenvalue weighted by Gasteiger charge is -2.21. The van der Waals surface area contributed by atoms with Crippen LogP contribution in [0.3, 0.4) is 0 Å². The number of thioether (sulfide) groups is 1. The van der Waals surface area contributed by atoms with Crippen LogP contribution in [0.1, 0.15) is 19.8 Å². The van der Waals surface area contributed by atoms with E-state index in [2.05, 4.69) is 10.6 Å². The van der Waals surface area contributed by atoms with E-state index in [9.17, 15) is 9.59 Å². The smallest absolute Gasteiger partial charge is 0.315 e. The third kappa shape index (κ3) is 5.67. The Hall–Kier alpha value is -0.710. The van der Waals surface area contributed by atoms with E-state index in [0.29, 0.717) is 5.92 Å². The van der Waals surface area contributed by atoms with E-state index in [1.54, 1.807) is 0 Å². The van der Waals surface area contributed by atoms with Gasteiger partial charge in [0.1, 0.15) is 5.78 Å². The average Bonchev–Trinajstić information content (AvgIpc) is 2.25. The fourth-order valence-electron chi connectivity index (χ4n) is 1.45. The molecule has 0 atom stereocenters. The highest BCUT2D eigenvalue weighted by Gasteiger charge is 2.14. The predicted molar refractivity (Wildman–Crippen MR) is 62.1 cm³/mol. The largest absolute Gasteiger partial charge is 0.338 e. The van der Waals surface area contributed by atoms with Gasteiger partial charge in [-0.2, -0.15) is 11.8 Å². The minimum absolute atomic E-state index is 0.0285. The molecular formula is C10H18N2O2S. The number of hydrogen-bond acceptors (Lipinski definition) is 3. The van der Waals surface area contributed by atoms with Crippen molar-refractivity contribution in [1.82, 2.24) is 10.6 Å². The molecule has 0 bridgehead atoms. The van der Waals surface area contributed by atoms with Crippen LogP contribution in [0.5, 0.6) is 0 Å². The summed E-state index contributed by atoms with van der Waals surface area (Å²) in [5.74, 6) is 2.97. The summed E-state index contributed by atoms with van der Waals surface area (Å²) in [6.45, 7) is 2.30. The number of carbonyl (C=O) groups excluding carboxylic acids is 2. The van der Waals surface area contributed by atoms with E-state index in [1.807, 2.05) is 11.8 Å². The molecule has 0 spiro atoms. The van der Waals surface area contributed by atoms with Crippen molar-refractivity contribution in [2.24, 2.45) is 5.92 Å². The van der Waals surface area contributed by atoms with Gasteiger partial charge in [0.15, 0.2) is 0 Å². The van der Waals surface area contributed by atoms with E-state index < -0.39 is 0 Å². The lowest BCUT2D eigenvalue weighted by atomic mass is 10.0. The molecule has 0 radical (unpaired) electrons. The first kappa shape index (κ1) is 12.4. The SMILES string of the molecule is CC(=O)CNC(=O)NCC1CCSCC1. The average molecular weight is 230 g/mol. The van der Waals surface area contributed by atoms with Crippen molar-refractivity contribution in [2.45, 2.75) is 19.8 Å². The summed E-state index contributed by atoms with van der Waals surface area (Å²) in [6, 6.07) is -0.233. The van der Waals surface area contributed by atoms with Crippen LogP contribution in [-0.2, 0) is 4.79 Å². The van der Waals surface area contributed by atoms with Crippen molar-refractivity contribution < 1.29 is 9.59 Å². The first-order valence-electron chi connectivity index (χ1n) is 5.27. The molecule has 5 heteroatoms. The number of carbonyl (C=O) groups is 2. The molecule has 0 aliphatic carbocycles. The molecule has 1 saturated heterocycles. The number of rotatable bonds is 4. The maximum Gasteiger partial charge on any atom is 0.315 e.